The maximum Gasteiger partial charge on any atom is 0.0238 e. The van der Waals surface area contributed by atoms with Gasteiger partial charge < -0.3 is 10.2 Å². The zero-order valence-corrected chi connectivity index (χ0v) is 11.3. The van der Waals surface area contributed by atoms with Crippen LogP contribution in [0.1, 0.15) is 30.5 Å². The monoisotopic (exact) mass is 232 g/mol. The van der Waals surface area contributed by atoms with Crippen LogP contribution in [0.4, 0.5) is 0 Å². The van der Waals surface area contributed by atoms with Crippen molar-refractivity contribution in [2.75, 3.05) is 19.6 Å². The van der Waals surface area contributed by atoms with Crippen LogP contribution in [-0.4, -0.2) is 30.6 Å². The highest BCUT2D eigenvalue weighted by molar-refractivity contribution is 5.33. The Bertz CT molecular complexity index is 369. The lowest BCUT2D eigenvalue weighted by molar-refractivity contribution is 0.257. The molecule has 0 saturated carbocycles. The smallest absolute Gasteiger partial charge is 0.0238 e. The van der Waals surface area contributed by atoms with Crippen molar-refractivity contribution >= 4 is 0 Å². The van der Waals surface area contributed by atoms with E-state index >= 15 is 0 Å². The van der Waals surface area contributed by atoms with Gasteiger partial charge in [0.25, 0.3) is 0 Å². The number of likely N-dealkylation sites (N-methyl/N-ethyl adjacent to an activating group) is 1. The standard InChI is InChI=1S/C15H24N2/c1-4-17(5-2)11-15-9-13-7-6-12(3)8-14(13)10-16-15/h6-8,15-16H,4-5,9-11H2,1-3H3. The summed E-state index contributed by atoms with van der Waals surface area (Å²) in [5.74, 6) is 0. The number of aryl methyl sites for hydroxylation is 1. The van der Waals surface area contributed by atoms with Crippen LogP contribution in [0, 0.1) is 6.92 Å². The molecule has 2 heteroatoms. The second kappa shape index (κ2) is 5.65. The summed E-state index contributed by atoms with van der Waals surface area (Å²) in [6.45, 7) is 11.1. The van der Waals surface area contributed by atoms with E-state index in [1.165, 1.54) is 29.7 Å². The highest BCUT2D eigenvalue weighted by Gasteiger charge is 2.19. The summed E-state index contributed by atoms with van der Waals surface area (Å²) in [7, 11) is 0. The molecule has 2 rings (SSSR count). The molecule has 0 aliphatic carbocycles. The second-order valence-electron chi connectivity index (χ2n) is 5.04. The van der Waals surface area contributed by atoms with Crippen molar-refractivity contribution in [3.05, 3.63) is 34.9 Å². The summed E-state index contributed by atoms with van der Waals surface area (Å²) in [6.07, 6.45) is 1.17. The molecule has 1 aromatic carbocycles. The Morgan fingerprint density at radius 3 is 2.71 bits per heavy atom. The van der Waals surface area contributed by atoms with E-state index in [0.29, 0.717) is 6.04 Å². The van der Waals surface area contributed by atoms with E-state index in [4.69, 9.17) is 0 Å². The molecule has 1 aliphatic rings. The van der Waals surface area contributed by atoms with E-state index in [-0.39, 0.29) is 0 Å². The molecule has 0 bridgehead atoms. The van der Waals surface area contributed by atoms with Crippen LogP contribution < -0.4 is 5.32 Å². The average Bonchev–Trinajstić information content (AvgIpc) is 2.36. The van der Waals surface area contributed by atoms with Crippen LogP contribution in [0.15, 0.2) is 18.2 Å². The van der Waals surface area contributed by atoms with Gasteiger partial charge in [0.05, 0.1) is 0 Å². The van der Waals surface area contributed by atoms with E-state index in [1.807, 2.05) is 0 Å². The normalized spacial score (nSPS) is 19.4. The molecule has 0 fully saturated rings. The molecule has 1 aromatic rings. The Kier molecular flexibility index (Phi) is 4.19. The van der Waals surface area contributed by atoms with Crippen LogP contribution in [0.25, 0.3) is 0 Å². The van der Waals surface area contributed by atoms with Gasteiger partial charge in [0.2, 0.25) is 0 Å². The van der Waals surface area contributed by atoms with Gasteiger partial charge in [-0.3, -0.25) is 0 Å². The van der Waals surface area contributed by atoms with Crippen molar-refractivity contribution in [2.24, 2.45) is 0 Å². The van der Waals surface area contributed by atoms with Crippen LogP contribution in [0.3, 0.4) is 0 Å². The largest absolute Gasteiger partial charge is 0.308 e. The van der Waals surface area contributed by atoms with Gasteiger partial charge in [0, 0.05) is 19.1 Å². The van der Waals surface area contributed by atoms with Crippen LogP contribution in [0.2, 0.25) is 0 Å². The quantitative estimate of drug-likeness (QED) is 0.857. The third-order valence-corrected chi connectivity index (χ3v) is 3.78. The van der Waals surface area contributed by atoms with Gasteiger partial charge in [-0.25, -0.2) is 0 Å². The van der Waals surface area contributed by atoms with Gasteiger partial charge in [-0.05, 0) is 37.6 Å². The number of hydrogen-bond donors (Lipinski definition) is 1. The molecule has 0 saturated heterocycles. The van der Waals surface area contributed by atoms with Crippen molar-refractivity contribution in [1.82, 2.24) is 10.2 Å². The molecule has 0 spiro atoms. The van der Waals surface area contributed by atoms with Crippen molar-refractivity contribution in [3.63, 3.8) is 0 Å². The van der Waals surface area contributed by atoms with Crippen molar-refractivity contribution in [2.45, 2.75) is 39.8 Å². The summed E-state index contributed by atoms with van der Waals surface area (Å²) in [4.78, 5) is 2.50. The lowest BCUT2D eigenvalue weighted by Gasteiger charge is -2.30. The van der Waals surface area contributed by atoms with Crippen LogP contribution in [-0.2, 0) is 13.0 Å². The molecule has 2 nitrogen and oxygen atoms in total. The lowest BCUT2D eigenvalue weighted by atomic mass is 9.94. The number of benzene rings is 1. The SMILES string of the molecule is CCN(CC)CC1Cc2ccc(C)cc2CN1. The molecule has 0 amide bonds. The van der Waals surface area contributed by atoms with E-state index in [0.717, 1.165) is 19.6 Å². The third-order valence-electron chi connectivity index (χ3n) is 3.78. The van der Waals surface area contributed by atoms with Crippen LogP contribution in [0.5, 0.6) is 0 Å². The molecular formula is C15H24N2. The summed E-state index contributed by atoms with van der Waals surface area (Å²) < 4.78 is 0. The van der Waals surface area contributed by atoms with E-state index in [9.17, 15) is 0 Å². The summed E-state index contributed by atoms with van der Waals surface area (Å²) >= 11 is 0. The number of rotatable bonds is 4. The minimum Gasteiger partial charge on any atom is -0.308 e. The molecule has 0 radical (unpaired) electrons. The Morgan fingerprint density at radius 1 is 1.24 bits per heavy atom. The first-order valence-electron chi connectivity index (χ1n) is 6.77. The number of nitrogens with one attached hydrogen (secondary N) is 1. The summed E-state index contributed by atoms with van der Waals surface area (Å²) in [5, 5.41) is 3.66. The van der Waals surface area contributed by atoms with Gasteiger partial charge >= 0.3 is 0 Å². The van der Waals surface area contributed by atoms with Crippen LogP contribution >= 0.6 is 0 Å². The Morgan fingerprint density at radius 2 is 2.00 bits per heavy atom. The van der Waals surface area contributed by atoms with Gasteiger partial charge in [-0.2, -0.15) is 0 Å². The van der Waals surface area contributed by atoms with Gasteiger partial charge in [-0.1, -0.05) is 37.6 Å². The zero-order valence-electron chi connectivity index (χ0n) is 11.3. The molecule has 1 aliphatic heterocycles. The first kappa shape index (κ1) is 12.6. The molecule has 1 heterocycles. The highest BCUT2D eigenvalue weighted by Crippen LogP contribution is 2.18. The second-order valence-corrected chi connectivity index (χ2v) is 5.04. The van der Waals surface area contributed by atoms with E-state index in [2.05, 4.69) is 49.2 Å². The highest BCUT2D eigenvalue weighted by atomic mass is 15.1. The maximum absolute atomic E-state index is 3.66. The fourth-order valence-electron chi connectivity index (χ4n) is 2.63. The molecule has 1 atom stereocenters. The number of fused-ring (bicyclic) bond motifs is 1. The predicted octanol–water partition coefficient (Wildman–Crippen LogP) is 2.35. The third kappa shape index (κ3) is 3.08. The minimum absolute atomic E-state index is 0.616. The zero-order chi connectivity index (χ0) is 12.3. The van der Waals surface area contributed by atoms with Crippen molar-refractivity contribution in [3.8, 4) is 0 Å². The van der Waals surface area contributed by atoms with E-state index in [1.54, 1.807) is 0 Å². The number of hydrogen-bond acceptors (Lipinski definition) is 2. The van der Waals surface area contributed by atoms with Gasteiger partial charge in [-0.15, -0.1) is 0 Å². The van der Waals surface area contributed by atoms with Crippen molar-refractivity contribution in [1.29, 1.82) is 0 Å². The predicted molar refractivity (Wildman–Crippen MR) is 73.3 cm³/mol. The molecule has 1 N–H and O–H groups in total. The molecule has 0 aromatic heterocycles. The minimum atomic E-state index is 0.616. The Balaban J connectivity index is 2.01. The Labute approximate surface area is 105 Å². The molecule has 1 unspecified atom stereocenters. The topological polar surface area (TPSA) is 15.3 Å². The Hall–Kier alpha value is -0.860. The fraction of sp³-hybridized carbons (Fsp3) is 0.600. The average molecular weight is 232 g/mol. The molecule has 17 heavy (non-hydrogen) atoms. The maximum atomic E-state index is 3.66. The van der Waals surface area contributed by atoms with Gasteiger partial charge in [0.1, 0.15) is 0 Å². The molecule has 94 valence electrons. The summed E-state index contributed by atoms with van der Waals surface area (Å²) in [6, 6.07) is 7.47. The van der Waals surface area contributed by atoms with Gasteiger partial charge in [0.15, 0.2) is 0 Å². The number of nitrogens with zero attached hydrogens (tertiary/aromatic N) is 1. The van der Waals surface area contributed by atoms with Crippen molar-refractivity contribution < 1.29 is 0 Å². The first-order valence-corrected chi connectivity index (χ1v) is 6.77. The molecular weight excluding hydrogens is 208 g/mol. The lowest BCUT2D eigenvalue weighted by Crippen LogP contribution is -2.44. The van der Waals surface area contributed by atoms with E-state index < -0.39 is 0 Å². The first-order chi connectivity index (χ1) is 8.22. The fourth-order valence-corrected chi connectivity index (χ4v) is 2.63. The summed E-state index contributed by atoms with van der Waals surface area (Å²) in [5.41, 5.74) is 4.39.